The number of hydrazone groups is 1. The van der Waals surface area contributed by atoms with Gasteiger partial charge in [0.05, 0.1) is 12.7 Å². The van der Waals surface area contributed by atoms with Gasteiger partial charge in [0.1, 0.15) is 5.75 Å². The van der Waals surface area contributed by atoms with Crippen LogP contribution in [0, 0.1) is 0 Å². The number of benzene rings is 1. The number of methoxy groups -OCH3 is 1. The van der Waals surface area contributed by atoms with Gasteiger partial charge in [0, 0.05) is 12.1 Å². The smallest absolute Gasteiger partial charge is 0.438 e. The first-order valence-corrected chi connectivity index (χ1v) is 7.07. The van der Waals surface area contributed by atoms with Crippen LogP contribution in [0.3, 0.4) is 0 Å². The van der Waals surface area contributed by atoms with Crippen molar-refractivity contribution in [2.75, 3.05) is 7.11 Å². The van der Waals surface area contributed by atoms with Crippen LogP contribution in [0.5, 0.6) is 5.75 Å². The van der Waals surface area contributed by atoms with E-state index in [1.54, 1.807) is 13.0 Å². The zero-order valence-electron chi connectivity index (χ0n) is 12.7. The number of hydrogen-bond donors (Lipinski definition) is 1. The molecule has 1 aromatic carbocycles. The van der Waals surface area contributed by atoms with Gasteiger partial charge >= 0.3 is 6.18 Å². The van der Waals surface area contributed by atoms with Gasteiger partial charge in [-0.1, -0.05) is 25.5 Å². The van der Waals surface area contributed by atoms with Crippen LogP contribution in [-0.4, -0.2) is 40.7 Å². The van der Waals surface area contributed by atoms with Crippen molar-refractivity contribution in [1.29, 1.82) is 0 Å². The van der Waals surface area contributed by atoms with E-state index in [0.717, 1.165) is 0 Å². The molecule has 1 aliphatic heterocycles. The quantitative estimate of drug-likeness (QED) is 0.923. The minimum Gasteiger partial charge on any atom is -0.496 e. The van der Waals surface area contributed by atoms with E-state index < -0.39 is 24.2 Å². The van der Waals surface area contributed by atoms with Crippen molar-refractivity contribution in [3.63, 3.8) is 0 Å². The van der Waals surface area contributed by atoms with Crippen LogP contribution in [0.1, 0.15) is 36.5 Å². The highest BCUT2D eigenvalue weighted by Crippen LogP contribution is 2.42. The number of halogens is 3. The molecule has 1 atom stereocenters. The monoisotopic (exact) mass is 330 g/mol. The Morgan fingerprint density at radius 1 is 1.43 bits per heavy atom. The van der Waals surface area contributed by atoms with Crippen LogP contribution in [0.15, 0.2) is 29.4 Å². The molecule has 1 aromatic rings. The third kappa shape index (κ3) is 3.03. The summed E-state index contributed by atoms with van der Waals surface area (Å²) in [6.07, 6.45) is -4.94. The molecule has 8 heteroatoms. The first kappa shape index (κ1) is 17.3. The highest BCUT2D eigenvalue weighted by molar-refractivity contribution is 6.00. The van der Waals surface area contributed by atoms with E-state index in [1.807, 2.05) is 0 Å². The summed E-state index contributed by atoms with van der Waals surface area (Å²) >= 11 is 0. The summed E-state index contributed by atoms with van der Waals surface area (Å²) in [6.45, 7) is 1.78. The first-order valence-electron chi connectivity index (χ1n) is 7.07. The molecule has 0 fully saturated rings. The molecule has 0 spiro atoms. The molecule has 2 rings (SSSR count). The minimum absolute atomic E-state index is 0.0980. The lowest BCUT2D eigenvalue weighted by atomic mass is 10.0. The van der Waals surface area contributed by atoms with E-state index in [1.165, 1.54) is 25.3 Å². The number of carbonyl (C=O) groups is 1. The summed E-state index contributed by atoms with van der Waals surface area (Å²) in [5.74, 6) is -0.949. The van der Waals surface area contributed by atoms with Crippen molar-refractivity contribution >= 4 is 11.6 Å². The van der Waals surface area contributed by atoms with E-state index in [4.69, 9.17) is 4.74 Å². The number of ether oxygens (including phenoxy) is 1. The Labute approximate surface area is 131 Å². The molecule has 0 aromatic heterocycles. The average molecular weight is 330 g/mol. The van der Waals surface area contributed by atoms with Crippen molar-refractivity contribution in [2.45, 2.75) is 38.1 Å². The lowest BCUT2D eigenvalue weighted by Crippen LogP contribution is -2.56. The van der Waals surface area contributed by atoms with E-state index in [2.05, 4.69) is 5.10 Å². The van der Waals surface area contributed by atoms with Crippen molar-refractivity contribution in [1.82, 2.24) is 5.01 Å². The molecule has 1 aliphatic rings. The Bertz CT molecular complexity index is 631. The fraction of sp³-hybridized carbons (Fsp3) is 0.467. The molecule has 0 radical (unpaired) electrons. The van der Waals surface area contributed by atoms with E-state index in [0.29, 0.717) is 6.42 Å². The van der Waals surface area contributed by atoms with Gasteiger partial charge in [-0.05, 0) is 18.6 Å². The molecular weight excluding hydrogens is 313 g/mol. The molecular formula is C15H17F3N2O3. The zero-order valence-corrected chi connectivity index (χ0v) is 12.7. The van der Waals surface area contributed by atoms with Gasteiger partial charge in [-0.15, -0.1) is 0 Å². The van der Waals surface area contributed by atoms with Gasteiger partial charge in [-0.25, -0.2) is 0 Å². The van der Waals surface area contributed by atoms with Gasteiger partial charge < -0.3 is 9.84 Å². The van der Waals surface area contributed by atoms with Gasteiger partial charge in [0.15, 0.2) is 0 Å². The van der Waals surface area contributed by atoms with Crippen molar-refractivity contribution < 1.29 is 27.8 Å². The van der Waals surface area contributed by atoms with Gasteiger partial charge in [-0.2, -0.15) is 23.3 Å². The zero-order chi connectivity index (χ0) is 17.3. The topological polar surface area (TPSA) is 62.1 Å². The maximum Gasteiger partial charge on any atom is 0.438 e. The average Bonchev–Trinajstić information content (AvgIpc) is 2.84. The summed E-state index contributed by atoms with van der Waals surface area (Å²) in [6, 6.07) is 5.86. The molecule has 126 valence electrons. The molecule has 0 bridgehead atoms. The standard InChI is InChI=1S/C15H17F3N2O3/c1-3-6-10-9-14(22,15(16,17)18)20(19-10)13(21)11-7-4-5-8-12(11)23-2/h4-5,7-8,22H,3,6,9H2,1-2H3. The summed E-state index contributed by atoms with van der Waals surface area (Å²) in [5, 5.41) is 13.9. The number of nitrogens with zero attached hydrogens (tertiary/aromatic N) is 2. The van der Waals surface area contributed by atoms with Gasteiger partial charge in [-0.3, -0.25) is 4.79 Å². The predicted octanol–water partition coefficient (Wildman–Crippen LogP) is 2.95. The molecule has 1 heterocycles. The van der Waals surface area contributed by atoms with Gasteiger partial charge in [0.25, 0.3) is 11.6 Å². The maximum atomic E-state index is 13.3. The largest absolute Gasteiger partial charge is 0.496 e. The number of rotatable bonds is 4. The number of carbonyl (C=O) groups excluding carboxylic acids is 1. The van der Waals surface area contributed by atoms with Crippen LogP contribution < -0.4 is 4.74 Å². The molecule has 5 nitrogen and oxygen atoms in total. The maximum absolute atomic E-state index is 13.3. The fourth-order valence-electron chi connectivity index (χ4n) is 2.42. The summed E-state index contributed by atoms with van der Waals surface area (Å²) < 4.78 is 45.0. The summed E-state index contributed by atoms with van der Waals surface area (Å²) in [5.41, 5.74) is -3.30. The summed E-state index contributed by atoms with van der Waals surface area (Å²) in [4.78, 5) is 12.5. The summed E-state index contributed by atoms with van der Waals surface area (Å²) in [7, 11) is 1.30. The number of para-hydroxylation sites is 1. The first-order chi connectivity index (χ1) is 10.7. The van der Waals surface area contributed by atoms with Crippen molar-refractivity contribution in [3.05, 3.63) is 29.8 Å². The van der Waals surface area contributed by atoms with Crippen LogP contribution in [0.25, 0.3) is 0 Å². The highest BCUT2D eigenvalue weighted by atomic mass is 19.4. The second-order valence-corrected chi connectivity index (χ2v) is 5.22. The lowest BCUT2D eigenvalue weighted by molar-refractivity contribution is -0.297. The third-order valence-corrected chi connectivity index (χ3v) is 3.56. The number of hydrogen-bond acceptors (Lipinski definition) is 4. The molecule has 0 aliphatic carbocycles. The molecule has 23 heavy (non-hydrogen) atoms. The van der Waals surface area contributed by atoms with E-state index in [9.17, 15) is 23.1 Å². The molecule has 0 saturated heterocycles. The van der Waals surface area contributed by atoms with Crippen LogP contribution in [-0.2, 0) is 0 Å². The Morgan fingerprint density at radius 2 is 2.09 bits per heavy atom. The van der Waals surface area contributed by atoms with Crippen LogP contribution in [0.2, 0.25) is 0 Å². The van der Waals surface area contributed by atoms with Crippen molar-refractivity contribution in [3.8, 4) is 5.75 Å². The second-order valence-electron chi connectivity index (χ2n) is 5.22. The second kappa shape index (κ2) is 6.19. The van der Waals surface area contributed by atoms with Gasteiger partial charge in [0.2, 0.25) is 0 Å². The minimum atomic E-state index is -5.02. The SMILES string of the molecule is CCCC1=NN(C(=O)c2ccccc2OC)C(O)(C(F)(F)F)C1. The fourth-order valence-corrected chi connectivity index (χ4v) is 2.42. The highest BCUT2D eigenvalue weighted by Gasteiger charge is 2.63. The Kier molecular flexibility index (Phi) is 4.65. The Morgan fingerprint density at radius 3 is 2.65 bits per heavy atom. The number of amides is 1. The lowest BCUT2D eigenvalue weighted by Gasteiger charge is -2.32. The third-order valence-electron chi connectivity index (χ3n) is 3.56. The molecule has 0 saturated carbocycles. The number of alkyl halides is 3. The number of aliphatic hydroxyl groups is 1. The van der Waals surface area contributed by atoms with E-state index in [-0.39, 0.29) is 28.5 Å². The molecule has 1 unspecified atom stereocenters. The normalized spacial score (nSPS) is 21.3. The predicted molar refractivity (Wildman–Crippen MR) is 77.1 cm³/mol. The van der Waals surface area contributed by atoms with Crippen LogP contribution >= 0.6 is 0 Å². The Hall–Kier alpha value is -2.09. The van der Waals surface area contributed by atoms with Crippen LogP contribution in [0.4, 0.5) is 13.2 Å². The molecule has 1 amide bonds. The van der Waals surface area contributed by atoms with E-state index >= 15 is 0 Å². The Balaban J connectivity index is 2.46. The molecule has 1 N–H and O–H groups in total. The van der Waals surface area contributed by atoms with Crippen molar-refractivity contribution in [2.24, 2.45) is 5.10 Å².